The molecule has 0 rings (SSSR count). The predicted molar refractivity (Wildman–Crippen MR) is 45.7 cm³/mol. The van der Waals surface area contributed by atoms with Crippen molar-refractivity contribution in [1.82, 2.24) is 4.84 Å². The Kier molecular flexibility index (Phi) is 6.43. The van der Waals surface area contributed by atoms with Gasteiger partial charge in [-0.1, -0.05) is 32.0 Å². The molecule has 0 aromatic rings. The molecule has 0 spiro atoms. The Balaban J connectivity index is 2.97. The van der Waals surface area contributed by atoms with Crippen LogP contribution < -0.4 is 4.84 Å². The fourth-order valence-electron chi connectivity index (χ4n) is 0.583. The van der Waals surface area contributed by atoms with Crippen molar-refractivity contribution in [2.24, 2.45) is 0 Å². The highest BCUT2D eigenvalue weighted by Crippen LogP contribution is 1.99. The van der Waals surface area contributed by atoms with Crippen molar-refractivity contribution in [2.75, 3.05) is 0 Å². The molecule has 0 aliphatic heterocycles. The molecule has 0 amide bonds. The Morgan fingerprint density at radius 3 is 2.67 bits per heavy atom. The van der Waals surface area contributed by atoms with Gasteiger partial charge < -0.3 is 0 Å². The van der Waals surface area contributed by atoms with Crippen molar-refractivity contribution in [3.05, 3.63) is 0 Å². The maximum atomic E-state index is 5.24. The van der Waals surface area contributed by atoms with Gasteiger partial charge in [0.05, 0.1) is 4.99 Å². The largest absolute Gasteiger partial charge is 0.292 e. The van der Waals surface area contributed by atoms with E-state index in [1.165, 1.54) is 12.8 Å². The monoisotopic (exact) mass is 165 g/mol. The first-order valence-electron chi connectivity index (χ1n) is 3.20. The van der Waals surface area contributed by atoms with Gasteiger partial charge in [-0.15, -0.1) is 0 Å². The summed E-state index contributed by atoms with van der Waals surface area (Å²) in [6.45, 7) is 2.16. The van der Waals surface area contributed by atoms with Gasteiger partial charge in [0.25, 0.3) is 0 Å². The second-order valence-corrected chi connectivity index (χ2v) is 2.66. The molecule has 0 radical (unpaired) electrons. The van der Waals surface area contributed by atoms with E-state index in [-0.39, 0.29) is 0 Å². The van der Waals surface area contributed by atoms with E-state index in [4.69, 9.17) is 24.0 Å². The van der Waals surface area contributed by atoms with Gasteiger partial charge in [0.2, 0.25) is 0 Å². The zero-order valence-corrected chi connectivity index (χ0v) is 7.19. The van der Waals surface area contributed by atoms with Gasteiger partial charge in [-0.3, -0.25) is 4.84 Å². The molecule has 54 valence electrons. The van der Waals surface area contributed by atoms with Crippen LogP contribution in [0.25, 0.3) is 0 Å². The van der Waals surface area contributed by atoms with Crippen molar-refractivity contribution in [3.8, 4) is 0 Å². The molecule has 0 aliphatic rings. The molecule has 9 heavy (non-hydrogen) atoms. The van der Waals surface area contributed by atoms with Crippen molar-refractivity contribution < 1.29 is 0 Å². The summed E-state index contributed by atoms with van der Waals surface area (Å²) in [5, 5.41) is 0. The lowest BCUT2D eigenvalue weighted by Crippen LogP contribution is -2.08. The lowest BCUT2D eigenvalue weighted by Gasteiger charge is -1.97. The van der Waals surface area contributed by atoms with Crippen LogP contribution in [-0.4, -0.2) is 4.99 Å². The summed E-state index contributed by atoms with van der Waals surface area (Å²) in [6.07, 6.45) is 4.53. The van der Waals surface area contributed by atoms with Gasteiger partial charge >= 0.3 is 0 Å². The topological polar surface area (TPSA) is 12.0 Å². The van der Waals surface area contributed by atoms with Crippen LogP contribution in [-0.2, 0) is 0 Å². The Labute approximate surface area is 66.9 Å². The van der Waals surface area contributed by atoms with Gasteiger partial charge in [0, 0.05) is 11.8 Å². The molecule has 0 bridgehead atoms. The van der Waals surface area contributed by atoms with E-state index in [1.54, 1.807) is 0 Å². The minimum atomic E-state index is 0.755. The van der Waals surface area contributed by atoms with Crippen molar-refractivity contribution in [2.45, 2.75) is 32.6 Å². The predicted octanol–water partition coefficient (Wildman–Crippen LogP) is 2.64. The summed E-state index contributed by atoms with van der Waals surface area (Å²) < 4.78 is 0. The van der Waals surface area contributed by atoms with Gasteiger partial charge in [0.15, 0.2) is 0 Å². The third kappa shape index (κ3) is 6.06. The smallest absolute Gasteiger partial charge is 0.0897 e. The van der Waals surface area contributed by atoms with Gasteiger partial charge in [-0.05, 0) is 12.8 Å². The van der Waals surface area contributed by atoms with Crippen LogP contribution in [0.15, 0.2) is 0 Å². The van der Waals surface area contributed by atoms with Crippen LogP contribution >= 0.6 is 24.0 Å². The highest BCUT2D eigenvalue weighted by molar-refractivity contribution is 7.80. The number of halogens is 1. The Morgan fingerprint density at radius 1 is 1.56 bits per heavy atom. The van der Waals surface area contributed by atoms with E-state index in [2.05, 4.69) is 11.8 Å². The zero-order valence-electron chi connectivity index (χ0n) is 5.61. The van der Waals surface area contributed by atoms with Gasteiger partial charge in [-0.2, -0.15) is 0 Å². The molecule has 0 saturated heterocycles. The second kappa shape index (κ2) is 6.30. The van der Waals surface area contributed by atoms with Crippen molar-refractivity contribution >= 4 is 29.0 Å². The van der Waals surface area contributed by atoms with Crippen LogP contribution in [0.3, 0.4) is 0 Å². The first-order chi connectivity index (χ1) is 4.31. The van der Waals surface area contributed by atoms with Gasteiger partial charge in [-0.25, -0.2) is 0 Å². The summed E-state index contributed by atoms with van der Waals surface area (Å²) in [5.41, 5.74) is 0. The Bertz CT molecular complexity index is 85.1. The fraction of sp³-hybridized carbons (Fsp3) is 0.833. The fourth-order valence-corrected chi connectivity index (χ4v) is 0.822. The minimum absolute atomic E-state index is 0.755. The van der Waals surface area contributed by atoms with Crippen LogP contribution in [0, 0.1) is 0 Å². The van der Waals surface area contributed by atoms with Crippen LogP contribution in [0.1, 0.15) is 32.6 Å². The molecule has 1 N–H and O–H groups in total. The summed E-state index contributed by atoms with van der Waals surface area (Å²) in [6, 6.07) is 0. The van der Waals surface area contributed by atoms with Crippen LogP contribution in [0.4, 0.5) is 0 Å². The van der Waals surface area contributed by atoms with E-state index >= 15 is 0 Å². The summed E-state index contributed by atoms with van der Waals surface area (Å²) in [7, 11) is 0. The molecule has 0 aromatic heterocycles. The first kappa shape index (κ1) is 9.18. The quantitative estimate of drug-likeness (QED) is 0.391. The zero-order chi connectivity index (χ0) is 7.11. The molecule has 0 unspecified atom stereocenters. The summed E-state index contributed by atoms with van der Waals surface area (Å²) >= 11 is 10.1. The number of thiocarbonyl (C=S) groups is 1. The average molecular weight is 166 g/mol. The maximum absolute atomic E-state index is 5.24. The highest BCUT2D eigenvalue weighted by Gasteiger charge is 1.91. The lowest BCUT2D eigenvalue weighted by molar-refractivity contribution is 0.741. The highest BCUT2D eigenvalue weighted by atomic mass is 35.5. The first-order valence-corrected chi connectivity index (χ1v) is 3.99. The lowest BCUT2D eigenvalue weighted by atomic mass is 10.2. The Morgan fingerprint density at radius 2 is 2.22 bits per heavy atom. The molecule has 0 aliphatic carbocycles. The number of rotatable bonds is 4. The molecular formula is C6H12ClNS. The summed E-state index contributed by atoms with van der Waals surface area (Å²) in [5.74, 6) is 0. The van der Waals surface area contributed by atoms with Gasteiger partial charge in [0.1, 0.15) is 0 Å². The van der Waals surface area contributed by atoms with E-state index < -0.39 is 0 Å². The van der Waals surface area contributed by atoms with E-state index in [1.807, 2.05) is 0 Å². The van der Waals surface area contributed by atoms with Crippen LogP contribution in [0.5, 0.6) is 0 Å². The molecular weight excluding hydrogens is 154 g/mol. The van der Waals surface area contributed by atoms with E-state index in [0.29, 0.717) is 0 Å². The molecule has 0 fully saturated rings. The normalized spacial score (nSPS) is 9.11. The molecule has 0 heterocycles. The maximum Gasteiger partial charge on any atom is 0.0897 e. The van der Waals surface area contributed by atoms with E-state index in [0.717, 1.165) is 17.8 Å². The minimum Gasteiger partial charge on any atom is -0.292 e. The van der Waals surface area contributed by atoms with Crippen molar-refractivity contribution in [1.29, 1.82) is 0 Å². The molecule has 3 heteroatoms. The molecule has 0 saturated carbocycles. The van der Waals surface area contributed by atoms with Crippen LogP contribution in [0.2, 0.25) is 0 Å². The number of hydrogen-bond acceptors (Lipinski definition) is 1. The SMILES string of the molecule is CCCCCC(=S)NCl. The number of hydrogen-bond donors (Lipinski definition) is 1. The summed E-state index contributed by atoms with van der Waals surface area (Å²) in [4.78, 5) is 3.18. The third-order valence-electron chi connectivity index (χ3n) is 1.11. The second-order valence-electron chi connectivity index (χ2n) is 1.97. The third-order valence-corrected chi connectivity index (χ3v) is 1.76. The number of nitrogens with one attached hydrogen (secondary N) is 1. The average Bonchev–Trinajstić information content (AvgIpc) is 1.89. The molecule has 0 aromatic carbocycles. The van der Waals surface area contributed by atoms with E-state index in [9.17, 15) is 0 Å². The number of unbranched alkanes of at least 4 members (excludes halogenated alkanes) is 2. The van der Waals surface area contributed by atoms with Crippen molar-refractivity contribution in [3.63, 3.8) is 0 Å². The Hall–Kier alpha value is 0.180. The standard InChI is InChI=1S/C6H12ClNS/c1-2-3-4-5-6(9)8-7/h2-5H2,1H3,(H,8,9). The molecule has 0 atom stereocenters. The molecule has 1 nitrogen and oxygen atoms in total.